The highest BCUT2D eigenvalue weighted by Crippen LogP contribution is 2.46. The molecule has 3 fully saturated rings. The molecule has 1 aromatic rings. The normalized spacial score (nSPS) is 33.9. The SMILES string of the molecule is Brc1cncc(N2CCN(C3CC4CCC3C4)CC2)c1. The van der Waals surface area contributed by atoms with Gasteiger partial charge in [-0.3, -0.25) is 9.88 Å². The van der Waals surface area contributed by atoms with E-state index in [-0.39, 0.29) is 0 Å². The third kappa shape index (κ3) is 2.37. The Balaban J connectivity index is 1.38. The van der Waals surface area contributed by atoms with E-state index < -0.39 is 0 Å². The predicted molar refractivity (Wildman–Crippen MR) is 85.0 cm³/mol. The maximum atomic E-state index is 4.28. The molecule has 2 heterocycles. The van der Waals surface area contributed by atoms with Crippen LogP contribution in [-0.2, 0) is 0 Å². The first-order valence-corrected chi connectivity index (χ1v) is 8.68. The number of piperazine rings is 1. The van der Waals surface area contributed by atoms with Gasteiger partial charge >= 0.3 is 0 Å². The van der Waals surface area contributed by atoms with Gasteiger partial charge in [0.1, 0.15) is 0 Å². The van der Waals surface area contributed by atoms with E-state index in [1.54, 1.807) is 0 Å². The summed E-state index contributed by atoms with van der Waals surface area (Å²) in [5.74, 6) is 2.07. The lowest BCUT2D eigenvalue weighted by atomic mass is 9.93. The molecule has 4 heteroatoms. The van der Waals surface area contributed by atoms with Crippen LogP contribution in [0.25, 0.3) is 0 Å². The summed E-state index contributed by atoms with van der Waals surface area (Å²) in [6, 6.07) is 3.08. The van der Waals surface area contributed by atoms with Crippen LogP contribution in [0.1, 0.15) is 25.7 Å². The van der Waals surface area contributed by atoms with E-state index in [4.69, 9.17) is 0 Å². The topological polar surface area (TPSA) is 19.4 Å². The number of hydrogen-bond donors (Lipinski definition) is 0. The van der Waals surface area contributed by atoms with Gasteiger partial charge in [0, 0.05) is 42.9 Å². The standard InChI is InChI=1S/C16H22BrN3/c17-14-9-15(11-18-10-14)19-3-5-20(6-4-19)16-8-12-1-2-13(16)7-12/h9-13,16H,1-8H2. The van der Waals surface area contributed by atoms with Crippen molar-refractivity contribution < 1.29 is 0 Å². The third-order valence-corrected chi connectivity index (χ3v) is 5.97. The third-order valence-electron chi connectivity index (χ3n) is 5.54. The summed E-state index contributed by atoms with van der Waals surface area (Å²) < 4.78 is 1.07. The number of fused-ring (bicyclic) bond motifs is 2. The molecule has 1 aliphatic heterocycles. The number of halogens is 1. The molecule has 4 rings (SSSR count). The fourth-order valence-corrected chi connectivity index (χ4v) is 4.90. The molecule has 2 saturated carbocycles. The maximum absolute atomic E-state index is 4.28. The minimum atomic E-state index is 0.900. The molecule has 3 nitrogen and oxygen atoms in total. The van der Waals surface area contributed by atoms with Crippen molar-refractivity contribution in [2.75, 3.05) is 31.1 Å². The van der Waals surface area contributed by atoms with Crippen molar-refractivity contribution in [1.82, 2.24) is 9.88 Å². The van der Waals surface area contributed by atoms with Crippen LogP contribution in [0.15, 0.2) is 22.9 Å². The van der Waals surface area contributed by atoms with Crippen molar-refractivity contribution in [1.29, 1.82) is 0 Å². The van der Waals surface area contributed by atoms with Crippen molar-refractivity contribution in [2.24, 2.45) is 11.8 Å². The van der Waals surface area contributed by atoms with Crippen molar-refractivity contribution in [3.05, 3.63) is 22.9 Å². The minimum Gasteiger partial charge on any atom is -0.368 e. The summed E-state index contributed by atoms with van der Waals surface area (Å²) in [5.41, 5.74) is 1.26. The summed E-state index contributed by atoms with van der Waals surface area (Å²) in [6.45, 7) is 4.73. The van der Waals surface area contributed by atoms with Crippen molar-refractivity contribution in [3.8, 4) is 0 Å². The summed E-state index contributed by atoms with van der Waals surface area (Å²) in [7, 11) is 0. The molecule has 0 radical (unpaired) electrons. The lowest BCUT2D eigenvalue weighted by Gasteiger charge is -2.41. The average Bonchev–Trinajstić information content (AvgIpc) is 3.10. The molecule has 3 atom stereocenters. The Hall–Kier alpha value is -0.610. The summed E-state index contributed by atoms with van der Waals surface area (Å²) in [4.78, 5) is 9.53. The molecule has 0 amide bonds. The van der Waals surface area contributed by atoms with Crippen LogP contribution in [0.2, 0.25) is 0 Å². The van der Waals surface area contributed by atoms with Gasteiger partial charge in [-0.15, -0.1) is 0 Å². The summed E-state index contributed by atoms with van der Waals surface area (Å²) in [5, 5.41) is 0. The molecule has 2 bridgehead atoms. The van der Waals surface area contributed by atoms with E-state index in [9.17, 15) is 0 Å². The molecule has 3 aliphatic rings. The number of nitrogens with zero attached hydrogens (tertiary/aromatic N) is 3. The van der Waals surface area contributed by atoms with Gasteiger partial charge in [0.2, 0.25) is 0 Å². The zero-order valence-corrected chi connectivity index (χ0v) is 13.4. The van der Waals surface area contributed by atoms with Gasteiger partial charge in [0.15, 0.2) is 0 Å². The van der Waals surface area contributed by atoms with Crippen LogP contribution in [0.3, 0.4) is 0 Å². The van der Waals surface area contributed by atoms with E-state index in [0.29, 0.717) is 0 Å². The van der Waals surface area contributed by atoms with Gasteiger partial charge in [-0.05, 0) is 53.1 Å². The summed E-state index contributed by atoms with van der Waals surface area (Å²) >= 11 is 3.52. The number of rotatable bonds is 2. The Kier molecular flexibility index (Phi) is 3.47. The summed E-state index contributed by atoms with van der Waals surface area (Å²) in [6.07, 6.45) is 9.83. The van der Waals surface area contributed by atoms with Crippen LogP contribution >= 0.6 is 15.9 Å². The first-order chi connectivity index (χ1) is 9.79. The van der Waals surface area contributed by atoms with Crippen LogP contribution < -0.4 is 4.90 Å². The smallest absolute Gasteiger partial charge is 0.0564 e. The van der Waals surface area contributed by atoms with Crippen LogP contribution in [0.5, 0.6) is 0 Å². The first-order valence-electron chi connectivity index (χ1n) is 7.89. The lowest BCUT2D eigenvalue weighted by Crippen LogP contribution is -2.51. The Morgan fingerprint density at radius 3 is 2.55 bits per heavy atom. The molecule has 3 unspecified atom stereocenters. The average molecular weight is 336 g/mol. The molecule has 20 heavy (non-hydrogen) atoms. The van der Waals surface area contributed by atoms with Gasteiger partial charge in [-0.25, -0.2) is 0 Å². The molecule has 2 aliphatic carbocycles. The minimum absolute atomic E-state index is 0.900. The Bertz CT molecular complexity index is 484. The number of hydrogen-bond acceptors (Lipinski definition) is 3. The predicted octanol–water partition coefficient (Wildman–Crippen LogP) is 3.15. The molecule has 1 saturated heterocycles. The quantitative estimate of drug-likeness (QED) is 0.827. The highest BCUT2D eigenvalue weighted by Gasteiger charge is 2.42. The molecular formula is C16H22BrN3. The first kappa shape index (κ1) is 13.1. The number of pyridine rings is 1. The van der Waals surface area contributed by atoms with Crippen LogP contribution in [0, 0.1) is 11.8 Å². The van der Waals surface area contributed by atoms with Crippen LogP contribution in [0.4, 0.5) is 5.69 Å². The zero-order chi connectivity index (χ0) is 13.5. The van der Waals surface area contributed by atoms with Crippen molar-refractivity contribution >= 4 is 21.6 Å². The van der Waals surface area contributed by atoms with E-state index in [0.717, 1.165) is 35.4 Å². The van der Waals surface area contributed by atoms with E-state index >= 15 is 0 Å². The van der Waals surface area contributed by atoms with Crippen molar-refractivity contribution in [3.63, 3.8) is 0 Å². The van der Waals surface area contributed by atoms with Gasteiger partial charge in [-0.1, -0.05) is 6.42 Å². The zero-order valence-electron chi connectivity index (χ0n) is 11.8. The Labute approximate surface area is 129 Å². The van der Waals surface area contributed by atoms with E-state index in [1.807, 2.05) is 12.4 Å². The van der Waals surface area contributed by atoms with E-state index in [1.165, 1.54) is 44.5 Å². The second-order valence-electron chi connectivity index (χ2n) is 6.63. The lowest BCUT2D eigenvalue weighted by molar-refractivity contribution is 0.135. The molecule has 0 spiro atoms. The number of anilines is 1. The largest absolute Gasteiger partial charge is 0.368 e. The molecule has 1 aromatic heterocycles. The second kappa shape index (κ2) is 5.30. The highest BCUT2D eigenvalue weighted by atomic mass is 79.9. The monoisotopic (exact) mass is 335 g/mol. The Morgan fingerprint density at radius 2 is 1.90 bits per heavy atom. The van der Waals surface area contributed by atoms with Crippen molar-refractivity contribution in [2.45, 2.75) is 31.7 Å². The van der Waals surface area contributed by atoms with E-state index in [2.05, 4.69) is 36.8 Å². The molecule has 0 N–H and O–H groups in total. The van der Waals surface area contributed by atoms with Gasteiger partial charge < -0.3 is 4.90 Å². The fraction of sp³-hybridized carbons (Fsp3) is 0.688. The molecule has 0 aromatic carbocycles. The molecule has 108 valence electrons. The molecular weight excluding hydrogens is 314 g/mol. The Morgan fingerprint density at radius 1 is 1.05 bits per heavy atom. The number of aromatic nitrogens is 1. The highest BCUT2D eigenvalue weighted by molar-refractivity contribution is 9.10. The second-order valence-corrected chi connectivity index (χ2v) is 7.54. The fourth-order valence-electron chi connectivity index (χ4n) is 4.54. The van der Waals surface area contributed by atoms with Gasteiger partial charge in [0.25, 0.3) is 0 Å². The van der Waals surface area contributed by atoms with Gasteiger partial charge in [-0.2, -0.15) is 0 Å². The van der Waals surface area contributed by atoms with Crippen LogP contribution in [-0.4, -0.2) is 42.1 Å². The maximum Gasteiger partial charge on any atom is 0.0564 e. The van der Waals surface area contributed by atoms with Gasteiger partial charge in [0.05, 0.1) is 11.9 Å².